The maximum atomic E-state index is 12.2. The van der Waals surface area contributed by atoms with E-state index in [1.165, 1.54) is 101 Å². The second-order valence-corrected chi connectivity index (χ2v) is 18.9. The van der Waals surface area contributed by atoms with Crippen LogP contribution in [-0.4, -0.2) is 139 Å². The van der Waals surface area contributed by atoms with Crippen molar-refractivity contribution >= 4 is 125 Å². The van der Waals surface area contributed by atoms with Crippen LogP contribution >= 0.6 is 0 Å². The van der Waals surface area contributed by atoms with Gasteiger partial charge in [-0.1, -0.05) is 163 Å². The fourth-order valence-electron chi connectivity index (χ4n) is 6.38. The molecule has 0 aromatic heterocycles. The van der Waals surface area contributed by atoms with Crippen molar-refractivity contribution in [1.82, 2.24) is 4.72 Å². The van der Waals surface area contributed by atoms with E-state index in [-0.39, 0.29) is 117 Å². The second-order valence-electron chi connectivity index (χ2n) is 15.7. The van der Waals surface area contributed by atoms with Crippen molar-refractivity contribution in [1.29, 1.82) is 0 Å². The molecule has 12 nitrogen and oxygen atoms in total. The molecule has 0 bridgehead atoms. The Kier molecular flexibility index (Phi) is 43.3. The molecule has 4 N–H and O–H groups in total. The molecule has 1 amide bonds. The molecule has 0 saturated heterocycles. The minimum atomic E-state index is -4.76. The first-order chi connectivity index (χ1) is 27.6. The van der Waals surface area contributed by atoms with Gasteiger partial charge in [-0.05, 0) is 55.4 Å². The van der Waals surface area contributed by atoms with Gasteiger partial charge < -0.3 is 15.2 Å². The van der Waals surface area contributed by atoms with E-state index in [0.29, 0.717) is 5.69 Å². The number of carbonyl (C=O) groups is 3. The summed E-state index contributed by atoms with van der Waals surface area (Å²) in [5.41, 5.74) is 6.04. The van der Waals surface area contributed by atoms with Crippen molar-refractivity contribution < 1.29 is 45.2 Å². The Balaban J connectivity index is -0.00000105. The summed E-state index contributed by atoms with van der Waals surface area (Å²) in [5.74, 6) is -2.05. The van der Waals surface area contributed by atoms with Gasteiger partial charge in [-0.25, -0.2) is 13.1 Å². The number of esters is 2. The molecule has 0 fully saturated rings. The Morgan fingerprint density at radius 1 is 0.633 bits per heavy atom. The number of nitrogen functional groups attached to an aromatic ring is 1. The van der Waals surface area contributed by atoms with Crippen LogP contribution in [0.5, 0.6) is 0 Å². The standard InChI is InChI=1S/C24H42N2O3S.C20H38O7S.K.Na.2H/c1-2-3-4-5-6-7-8-9-10-11-12-13-14-15-16-17-24(27)26-30(28,29)23-20-18-22(25)19-21-23;1-5-9-11-16(7-3)14-26-19(21)13-18(28(23,24)25)20(22)27-15-17(8-4)12-10-6-2;;;;/h18-21H,2-17,25H2,1H3,(H,26,27);16-18H,5-15H2,1-4H3,(H,23,24,25);;;;. The zero-order valence-electron chi connectivity index (χ0n) is 36.6. The molecule has 60 heavy (non-hydrogen) atoms. The monoisotopic (exact) mass is 924 g/mol. The number of nitrogens with one attached hydrogen (secondary N) is 1. The van der Waals surface area contributed by atoms with Gasteiger partial charge in [0, 0.05) is 12.1 Å². The molecular weight excluding hydrogens is 843 g/mol. The number of hydrogen-bond donors (Lipinski definition) is 3. The van der Waals surface area contributed by atoms with E-state index in [0.717, 1.165) is 70.6 Å². The molecule has 3 unspecified atom stereocenters. The summed E-state index contributed by atoms with van der Waals surface area (Å²) < 4.78 is 69.2. The van der Waals surface area contributed by atoms with Gasteiger partial charge in [0.2, 0.25) is 5.91 Å². The molecule has 16 heteroatoms. The first-order valence-corrected chi connectivity index (χ1v) is 25.3. The van der Waals surface area contributed by atoms with Gasteiger partial charge in [0.1, 0.15) is 0 Å². The molecule has 3 atom stereocenters. The normalized spacial score (nSPS) is 12.7. The van der Waals surface area contributed by atoms with Crippen molar-refractivity contribution in [3.8, 4) is 0 Å². The van der Waals surface area contributed by atoms with E-state index in [1.807, 2.05) is 13.8 Å². The van der Waals surface area contributed by atoms with Gasteiger partial charge >= 0.3 is 92.9 Å². The van der Waals surface area contributed by atoms with Crippen LogP contribution in [0.25, 0.3) is 0 Å². The molecule has 0 spiro atoms. The number of rotatable bonds is 34. The molecule has 0 aliphatic carbocycles. The number of unbranched alkanes of at least 4 members (excludes halogenated alkanes) is 16. The molecular formula is C44H82KN2NaO10S2. The van der Waals surface area contributed by atoms with Gasteiger partial charge in [-0.3, -0.25) is 18.9 Å². The van der Waals surface area contributed by atoms with Gasteiger partial charge in [-0.2, -0.15) is 8.42 Å². The summed E-state index contributed by atoms with van der Waals surface area (Å²) in [6.45, 7) is 10.6. The number of amides is 1. The number of nitrogens with two attached hydrogens (primary N) is 1. The number of sulfonamides is 1. The summed E-state index contributed by atoms with van der Waals surface area (Å²) in [6.07, 6.45) is 25.9. The summed E-state index contributed by atoms with van der Waals surface area (Å²) in [6, 6.07) is 5.82. The molecule has 342 valence electrons. The van der Waals surface area contributed by atoms with Crippen LogP contribution in [0.1, 0.15) is 195 Å². The van der Waals surface area contributed by atoms with E-state index in [9.17, 15) is 35.8 Å². The van der Waals surface area contributed by atoms with Crippen LogP contribution in [0.3, 0.4) is 0 Å². The Hall–Kier alpha value is -0.0736. The quantitative estimate of drug-likeness (QED) is 0.0196. The summed E-state index contributed by atoms with van der Waals surface area (Å²) in [5, 5.41) is -1.95. The molecule has 0 saturated carbocycles. The van der Waals surface area contributed by atoms with Crippen molar-refractivity contribution in [2.75, 3.05) is 18.9 Å². The topological polar surface area (TPSA) is 196 Å². The van der Waals surface area contributed by atoms with Crippen LogP contribution < -0.4 is 10.5 Å². The third-order valence-electron chi connectivity index (χ3n) is 10.4. The average molecular weight is 925 g/mol. The van der Waals surface area contributed by atoms with Gasteiger partial charge in [0.05, 0.1) is 24.5 Å². The van der Waals surface area contributed by atoms with Crippen molar-refractivity contribution in [3.05, 3.63) is 24.3 Å². The first-order valence-electron chi connectivity index (χ1n) is 22.3. The van der Waals surface area contributed by atoms with Crippen LogP contribution in [0.2, 0.25) is 0 Å². The number of benzene rings is 1. The molecule has 0 aliphatic heterocycles. The number of hydrogen-bond acceptors (Lipinski definition) is 10. The first kappa shape index (κ1) is 64.2. The summed E-state index contributed by atoms with van der Waals surface area (Å²) >= 11 is 0. The second kappa shape index (κ2) is 40.4. The molecule has 1 aromatic rings. The van der Waals surface area contributed by atoms with E-state index < -0.39 is 49.7 Å². The fourth-order valence-corrected chi connectivity index (χ4v) is 8.06. The van der Waals surface area contributed by atoms with Crippen LogP contribution in [0.15, 0.2) is 29.2 Å². The number of carbonyl (C=O) groups excluding carboxylic acids is 3. The number of anilines is 1. The molecule has 0 heterocycles. The SMILES string of the molecule is CCCCC(CC)COC(=O)CC(C(=O)OCC(CC)CCCC)S(=O)(=O)O.CCCCCCCCCCCCCCCCCC(=O)NS(=O)(=O)c1ccc(N)cc1.[KH].[NaH]. The molecule has 1 aromatic carbocycles. The minimum absolute atomic E-state index is 0. The van der Waals surface area contributed by atoms with Crippen LogP contribution in [0.4, 0.5) is 5.69 Å². The Morgan fingerprint density at radius 3 is 1.43 bits per heavy atom. The third-order valence-corrected chi connectivity index (χ3v) is 12.9. The zero-order valence-corrected chi connectivity index (χ0v) is 38.3. The van der Waals surface area contributed by atoms with Gasteiger partial charge in [-0.15, -0.1) is 0 Å². The fraction of sp³-hybridized carbons (Fsp3) is 0.795. The third kappa shape index (κ3) is 34.3. The van der Waals surface area contributed by atoms with E-state index in [1.54, 1.807) is 0 Å². The Morgan fingerprint density at radius 2 is 1.03 bits per heavy atom. The molecule has 1 rings (SSSR count). The number of ether oxygens (including phenoxy) is 2. The Bertz CT molecular complexity index is 1450. The van der Waals surface area contributed by atoms with Crippen LogP contribution in [0, 0.1) is 11.8 Å². The maximum absolute atomic E-state index is 12.2. The van der Waals surface area contributed by atoms with Gasteiger partial charge in [0.15, 0.2) is 5.25 Å². The van der Waals surface area contributed by atoms with E-state index in [4.69, 9.17) is 15.2 Å². The Labute approximate surface area is 430 Å². The summed E-state index contributed by atoms with van der Waals surface area (Å²) in [7, 11) is -8.57. The zero-order chi connectivity index (χ0) is 43.7. The molecule has 0 aliphatic rings. The van der Waals surface area contributed by atoms with E-state index >= 15 is 0 Å². The summed E-state index contributed by atoms with van der Waals surface area (Å²) in [4.78, 5) is 36.2. The predicted octanol–water partition coefficient (Wildman–Crippen LogP) is 9.19. The van der Waals surface area contributed by atoms with Gasteiger partial charge in [0.25, 0.3) is 20.1 Å². The predicted molar refractivity (Wildman–Crippen MR) is 249 cm³/mol. The van der Waals surface area contributed by atoms with Crippen LogP contribution in [-0.2, 0) is 44.0 Å². The van der Waals surface area contributed by atoms with E-state index in [2.05, 4.69) is 25.5 Å². The van der Waals surface area contributed by atoms with Crippen molar-refractivity contribution in [2.45, 2.75) is 205 Å². The molecule has 0 radical (unpaired) electrons. The average Bonchev–Trinajstić information content (AvgIpc) is 3.18. The van der Waals surface area contributed by atoms with Crippen molar-refractivity contribution in [2.24, 2.45) is 11.8 Å². The van der Waals surface area contributed by atoms with Crippen molar-refractivity contribution in [3.63, 3.8) is 0 Å².